The van der Waals surface area contributed by atoms with Crippen LogP contribution in [0.4, 0.5) is 0 Å². The molecule has 4 heterocycles. The van der Waals surface area contributed by atoms with Gasteiger partial charge in [0.15, 0.2) is 0 Å². The highest BCUT2D eigenvalue weighted by Gasteiger charge is 2.47. The van der Waals surface area contributed by atoms with Crippen molar-refractivity contribution in [1.29, 1.82) is 0 Å². The molecule has 29 heavy (non-hydrogen) atoms. The molecule has 2 amide bonds. The van der Waals surface area contributed by atoms with Crippen molar-refractivity contribution < 1.29 is 14.3 Å². The van der Waals surface area contributed by atoms with Gasteiger partial charge in [0.05, 0.1) is 19.2 Å². The molecule has 0 radical (unpaired) electrons. The number of carbonyl (C=O) groups is 2. The van der Waals surface area contributed by atoms with Crippen LogP contribution in [-0.4, -0.2) is 52.8 Å². The summed E-state index contributed by atoms with van der Waals surface area (Å²) in [6, 6.07) is 13.6. The lowest BCUT2D eigenvalue weighted by atomic mass is 9.86. The second-order valence-corrected chi connectivity index (χ2v) is 8.15. The Morgan fingerprint density at radius 1 is 1.14 bits per heavy atom. The first-order chi connectivity index (χ1) is 14.1. The van der Waals surface area contributed by atoms with E-state index in [1.165, 1.54) is 0 Å². The molecule has 0 bridgehead atoms. The smallest absolute Gasteiger partial charge is 0.245 e. The van der Waals surface area contributed by atoms with Gasteiger partial charge in [-0.1, -0.05) is 24.3 Å². The summed E-state index contributed by atoms with van der Waals surface area (Å²) in [6.07, 6.45) is 1.41. The van der Waals surface area contributed by atoms with Crippen LogP contribution in [0.2, 0.25) is 0 Å². The molecular weight excluding hydrogens is 366 g/mol. The highest BCUT2D eigenvalue weighted by molar-refractivity contribution is 5.97. The summed E-state index contributed by atoms with van der Waals surface area (Å²) in [7, 11) is 1.71. The first-order valence-electron chi connectivity index (χ1n) is 10.0. The van der Waals surface area contributed by atoms with Gasteiger partial charge in [-0.15, -0.1) is 0 Å². The second-order valence-electron chi connectivity index (χ2n) is 8.15. The second kappa shape index (κ2) is 5.86. The zero-order valence-electron chi connectivity index (χ0n) is 16.1. The molecule has 2 aromatic carbocycles. The van der Waals surface area contributed by atoms with Gasteiger partial charge in [-0.2, -0.15) is 0 Å². The molecule has 1 N–H and O–H groups in total. The molecule has 1 saturated heterocycles. The summed E-state index contributed by atoms with van der Waals surface area (Å²) in [5.41, 5.74) is 5.39. The molecule has 0 spiro atoms. The van der Waals surface area contributed by atoms with Crippen molar-refractivity contribution >= 4 is 22.7 Å². The lowest BCUT2D eigenvalue weighted by Gasteiger charge is -2.46. The SMILES string of the molecule is CN1CC(=O)N2[C@H](c3ccc4c(c3)CCO4)c3[nH]c4ccccc4c3C[C@@H]2C1=O. The van der Waals surface area contributed by atoms with E-state index in [1.54, 1.807) is 16.8 Å². The number of nitrogens with one attached hydrogen (secondary N) is 1. The number of amides is 2. The Morgan fingerprint density at radius 2 is 2.00 bits per heavy atom. The highest BCUT2D eigenvalue weighted by Crippen LogP contribution is 2.43. The zero-order valence-corrected chi connectivity index (χ0v) is 16.1. The van der Waals surface area contributed by atoms with Crippen molar-refractivity contribution in [3.8, 4) is 5.75 Å². The van der Waals surface area contributed by atoms with E-state index in [0.29, 0.717) is 13.0 Å². The molecule has 2 atom stereocenters. The number of fused-ring (bicyclic) bond motifs is 5. The predicted octanol–water partition coefficient (Wildman–Crippen LogP) is 2.42. The van der Waals surface area contributed by atoms with Gasteiger partial charge in [-0.3, -0.25) is 9.59 Å². The molecule has 0 aliphatic carbocycles. The van der Waals surface area contributed by atoms with Crippen LogP contribution in [0.5, 0.6) is 5.75 Å². The van der Waals surface area contributed by atoms with E-state index < -0.39 is 6.04 Å². The maximum absolute atomic E-state index is 13.1. The predicted molar refractivity (Wildman–Crippen MR) is 108 cm³/mol. The van der Waals surface area contributed by atoms with Crippen molar-refractivity contribution in [3.63, 3.8) is 0 Å². The highest BCUT2D eigenvalue weighted by atomic mass is 16.5. The molecule has 0 unspecified atom stereocenters. The van der Waals surface area contributed by atoms with Gasteiger partial charge >= 0.3 is 0 Å². The monoisotopic (exact) mass is 387 g/mol. The van der Waals surface area contributed by atoms with Crippen LogP contribution >= 0.6 is 0 Å². The average Bonchev–Trinajstić information content (AvgIpc) is 3.34. The number of piperazine rings is 1. The molecule has 3 aliphatic heterocycles. The van der Waals surface area contributed by atoms with Crippen molar-refractivity contribution in [2.75, 3.05) is 20.2 Å². The molecule has 6 heteroatoms. The van der Waals surface area contributed by atoms with Crippen LogP contribution in [0, 0.1) is 0 Å². The van der Waals surface area contributed by atoms with Crippen LogP contribution in [0.3, 0.4) is 0 Å². The number of nitrogens with zero attached hydrogens (tertiary/aromatic N) is 2. The number of benzene rings is 2. The molecule has 3 aliphatic rings. The van der Waals surface area contributed by atoms with E-state index in [0.717, 1.165) is 45.5 Å². The van der Waals surface area contributed by atoms with Gasteiger partial charge < -0.3 is 19.5 Å². The summed E-state index contributed by atoms with van der Waals surface area (Å²) in [4.78, 5) is 33.1. The number of H-pyrrole nitrogens is 1. The minimum Gasteiger partial charge on any atom is -0.493 e. The first-order valence-corrected chi connectivity index (χ1v) is 10.0. The standard InChI is InChI=1S/C23H21N3O3/c1-25-12-20(27)26-18(23(25)28)11-16-15-4-2-3-5-17(15)24-21(16)22(26)14-6-7-19-13(10-14)8-9-29-19/h2-7,10,18,22,24H,8-9,11-12H2,1H3/t18-,22-/m1/s1. The number of hydrogen-bond donors (Lipinski definition) is 1. The van der Waals surface area contributed by atoms with Crippen molar-refractivity contribution in [1.82, 2.24) is 14.8 Å². The van der Waals surface area contributed by atoms with Crippen LogP contribution in [0.15, 0.2) is 42.5 Å². The van der Waals surface area contributed by atoms with Crippen molar-refractivity contribution in [2.24, 2.45) is 0 Å². The van der Waals surface area contributed by atoms with Gasteiger partial charge in [-0.05, 0) is 34.9 Å². The Kier molecular flexibility index (Phi) is 3.37. The maximum atomic E-state index is 13.1. The molecular formula is C23H21N3O3. The third kappa shape index (κ3) is 2.29. The van der Waals surface area contributed by atoms with E-state index in [2.05, 4.69) is 23.2 Å². The molecule has 1 aromatic heterocycles. The van der Waals surface area contributed by atoms with E-state index >= 15 is 0 Å². The quantitative estimate of drug-likeness (QED) is 0.697. The zero-order chi connectivity index (χ0) is 19.7. The van der Waals surface area contributed by atoms with E-state index in [1.807, 2.05) is 24.3 Å². The summed E-state index contributed by atoms with van der Waals surface area (Å²) < 4.78 is 5.67. The molecule has 0 saturated carbocycles. The molecule has 3 aromatic rings. The number of aromatic nitrogens is 1. The van der Waals surface area contributed by atoms with Gasteiger partial charge in [-0.25, -0.2) is 0 Å². The van der Waals surface area contributed by atoms with E-state index in [9.17, 15) is 9.59 Å². The Hall–Kier alpha value is -3.28. The van der Waals surface area contributed by atoms with Gasteiger partial charge in [0.25, 0.3) is 0 Å². The van der Waals surface area contributed by atoms with Crippen LogP contribution in [0.25, 0.3) is 10.9 Å². The molecule has 6 rings (SSSR count). The summed E-state index contributed by atoms with van der Waals surface area (Å²) in [5.74, 6) is 0.914. The van der Waals surface area contributed by atoms with Crippen molar-refractivity contribution in [3.05, 3.63) is 64.8 Å². The third-order valence-corrected chi connectivity index (χ3v) is 6.48. The van der Waals surface area contributed by atoms with Gasteiger partial charge in [0, 0.05) is 36.5 Å². The first kappa shape index (κ1) is 16.7. The molecule has 6 nitrogen and oxygen atoms in total. The lowest BCUT2D eigenvalue weighted by molar-refractivity contribution is -0.157. The van der Waals surface area contributed by atoms with Crippen LogP contribution in [0.1, 0.15) is 28.4 Å². The number of rotatable bonds is 1. The van der Waals surface area contributed by atoms with Gasteiger partial charge in [0.2, 0.25) is 11.8 Å². The fourth-order valence-electron chi connectivity index (χ4n) is 5.13. The third-order valence-electron chi connectivity index (χ3n) is 6.48. The Bertz CT molecular complexity index is 1180. The number of para-hydroxylation sites is 1. The lowest BCUT2D eigenvalue weighted by Crippen LogP contribution is -2.62. The summed E-state index contributed by atoms with van der Waals surface area (Å²) in [5, 5.41) is 1.13. The topological polar surface area (TPSA) is 65.6 Å². The van der Waals surface area contributed by atoms with Gasteiger partial charge in [0.1, 0.15) is 11.8 Å². The minimum absolute atomic E-state index is 0.00928. The normalized spacial score (nSPS) is 23.1. The number of hydrogen-bond acceptors (Lipinski definition) is 3. The fraction of sp³-hybridized carbons (Fsp3) is 0.304. The maximum Gasteiger partial charge on any atom is 0.245 e. The minimum atomic E-state index is -0.470. The Morgan fingerprint density at radius 3 is 2.90 bits per heavy atom. The number of carbonyl (C=O) groups excluding carboxylic acids is 2. The fourth-order valence-corrected chi connectivity index (χ4v) is 5.13. The number of ether oxygens (including phenoxy) is 1. The summed E-state index contributed by atoms with van der Waals surface area (Å²) in [6.45, 7) is 0.811. The van der Waals surface area contributed by atoms with E-state index in [-0.39, 0.29) is 24.4 Å². The van der Waals surface area contributed by atoms with Crippen LogP contribution in [-0.2, 0) is 22.4 Å². The Balaban J connectivity index is 1.59. The number of likely N-dealkylation sites (N-methyl/N-ethyl adjacent to an activating group) is 1. The number of aromatic amines is 1. The van der Waals surface area contributed by atoms with Crippen molar-refractivity contribution in [2.45, 2.75) is 24.9 Å². The summed E-state index contributed by atoms with van der Waals surface area (Å²) >= 11 is 0. The average molecular weight is 387 g/mol. The molecule has 146 valence electrons. The van der Waals surface area contributed by atoms with E-state index in [4.69, 9.17) is 4.74 Å². The Labute approximate surface area is 168 Å². The van der Waals surface area contributed by atoms with Crippen LogP contribution < -0.4 is 4.74 Å². The molecule has 1 fully saturated rings. The largest absolute Gasteiger partial charge is 0.493 e.